The molecule has 1 aliphatic carbocycles. The van der Waals surface area contributed by atoms with Crippen molar-refractivity contribution in [1.82, 2.24) is 4.90 Å². The summed E-state index contributed by atoms with van der Waals surface area (Å²) in [6.07, 6.45) is 4.05. The molecule has 0 atom stereocenters. The zero-order valence-corrected chi connectivity index (χ0v) is 14.3. The standard InChI is InChI=1S/C17H19ClN2O4/c1-3-24-16(22)9-8-15(21)19-14-7-4-11(18)10-13(14)17(23)20(2)12-5-6-12/h4,7-10,12H,3,5-6H2,1-2H3,(H,19,21)/b9-8+. The number of benzene rings is 1. The van der Waals surface area contributed by atoms with Gasteiger partial charge in [0.1, 0.15) is 0 Å². The molecule has 1 N–H and O–H groups in total. The lowest BCUT2D eigenvalue weighted by molar-refractivity contribution is -0.137. The molecule has 1 fully saturated rings. The van der Waals surface area contributed by atoms with Crippen molar-refractivity contribution in [3.8, 4) is 0 Å². The lowest BCUT2D eigenvalue weighted by Crippen LogP contribution is -2.29. The Morgan fingerprint density at radius 2 is 2.04 bits per heavy atom. The summed E-state index contributed by atoms with van der Waals surface area (Å²) in [7, 11) is 1.73. The number of anilines is 1. The van der Waals surface area contributed by atoms with Crippen LogP contribution in [0.3, 0.4) is 0 Å². The first-order chi connectivity index (χ1) is 11.4. The van der Waals surface area contributed by atoms with E-state index >= 15 is 0 Å². The quantitative estimate of drug-likeness (QED) is 0.632. The second-order valence-electron chi connectivity index (χ2n) is 5.41. The first-order valence-electron chi connectivity index (χ1n) is 7.65. The summed E-state index contributed by atoms with van der Waals surface area (Å²) in [6.45, 7) is 1.90. The van der Waals surface area contributed by atoms with E-state index in [4.69, 9.17) is 16.3 Å². The van der Waals surface area contributed by atoms with Gasteiger partial charge in [0.25, 0.3) is 5.91 Å². The Morgan fingerprint density at radius 3 is 2.67 bits per heavy atom. The van der Waals surface area contributed by atoms with Crippen LogP contribution < -0.4 is 5.32 Å². The number of amides is 2. The predicted octanol–water partition coefficient (Wildman–Crippen LogP) is 2.63. The third-order valence-electron chi connectivity index (χ3n) is 3.54. The summed E-state index contributed by atoms with van der Waals surface area (Å²) >= 11 is 5.98. The van der Waals surface area contributed by atoms with Crippen molar-refractivity contribution in [2.24, 2.45) is 0 Å². The molecule has 0 spiro atoms. The zero-order chi connectivity index (χ0) is 17.7. The molecule has 0 radical (unpaired) electrons. The van der Waals surface area contributed by atoms with Crippen molar-refractivity contribution in [2.75, 3.05) is 19.0 Å². The second kappa shape index (κ2) is 7.97. The van der Waals surface area contributed by atoms with Gasteiger partial charge in [-0.15, -0.1) is 0 Å². The van der Waals surface area contributed by atoms with Gasteiger partial charge in [-0.05, 0) is 38.0 Å². The van der Waals surface area contributed by atoms with Gasteiger partial charge >= 0.3 is 5.97 Å². The van der Waals surface area contributed by atoms with E-state index in [1.165, 1.54) is 6.07 Å². The first kappa shape index (κ1) is 18.0. The van der Waals surface area contributed by atoms with E-state index in [1.807, 2.05) is 0 Å². The van der Waals surface area contributed by atoms with Crippen LogP contribution >= 0.6 is 11.6 Å². The second-order valence-corrected chi connectivity index (χ2v) is 5.85. The summed E-state index contributed by atoms with van der Waals surface area (Å²) in [4.78, 5) is 37.4. The smallest absolute Gasteiger partial charge is 0.330 e. The number of nitrogens with one attached hydrogen (secondary N) is 1. The molecule has 1 saturated carbocycles. The summed E-state index contributed by atoms with van der Waals surface area (Å²) in [5.74, 6) is -1.34. The van der Waals surface area contributed by atoms with E-state index in [1.54, 1.807) is 31.0 Å². The maximum atomic E-state index is 12.6. The fourth-order valence-corrected chi connectivity index (χ4v) is 2.30. The van der Waals surface area contributed by atoms with Gasteiger partial charge in [0.2, 0.25) is 5.91 Å². The normalized spacial score (nSPS) is 13.6. The third kappa shape index (κ3) is 4.83. The highest BCUT2D eigenvalue weighted by Gasteiger charge is 2.31. The number of hydrogen-bond donors (Lipinski definition) is 1. The lowest BCUT2D eigenvalue weighted by Gasteiger charge is -2.18. The summed E-state index contributed by atoms with van der Waals surface area (Å²) in [5.41, 5.74) is 0.658. The molecule has 7 heteroatoms. The minimum Gasteiger partial charge on any atom is -0.463 e. The minimum absolute atomic E-state index is 0.204. The maximum absolute atomic E-state index is 12.6. The fourth-order valence-electron chi connectivity index (χ4n) is 2.13. The molecule has 0 heterocycles. The van der Waals surface area contributed by atoms with Gasteiger partial charge in [-0.25, -0.2) is 4.79 Å². The lowest BCUT2D eigenvalue weighted by atomic mass is 10.1. The Bertz CT molecular complexity index is 683. The molecule has 1 aromatic rings. The highest BCUT2D eigenvalue weighted by molar-refractivity contribution is 6.31. The van der Waals surface area contributed by atoms with Crippen LogP contribution in [0, 0.1) is 0 Å². The van der Waals surface area contributed by atoms with Gasteiger partial charge in [-0.3, -0.25) is 9.59 Å². The fraction of sp³-hybridized carbons (Fsp3) is 0.353. The largest absolute Gasteiger partial charge is 0.463 e. The SMILES string of the molecule is CCOC(=O)/C=C/C(=O)Nc1ccc(Cl)cc1C(=O)N(C)C1CC1. The average molecular weight is 351 g/mol. The van der Waals surface area contributed by atoms with Gasteiger partial charge < -0.3 is 15.0 Å². The van der Waals surface area contributed by atoms with Gasteiger partial charge in [-0.1, -0.05) is 11.6 Å². The van der Waals surface area contributed by atoms with Crippen LogP contribution in [0.2, 0.25) is 5.02 Å². The van der Waals surface area contributed by atoms with E-state index in [2.05, 4.69) is 5.32 Å². The molecule has 2 rings (SSSR count). The molecule has 0 bridgehead atoms. The van der Waals surface area contributed by atoms with Crippen LogP contribution in [-0.4, -0.2) is 42.4 Å². The Kier molecular flexibility index (Phi) is 5.98. The molecule has 6 nitrogen and oxygen atoms in total. The van der Waals surface area contributed by atoms with Crippen LogP contribution in [0.4, 0.5) is 5.69 Å². The molecule has 0 aliphatic heterocycles. The topological polar surface area (TPSA) is 75.7 Å². The Labute approximate surface area is 145 Å². The van der Waals surface area contributed by atoms with Crippen LogP contribution in [0.1, 0.15) is 30.1 Å². The molecule has 1 aromatic carbocycles. The Balaban J connectivity index is 2.13. The number of rotatable bonds is 6. The third-order valence-corrected chi connectivity index (χ3v) is 3.78. The van der Waals surface area contributed by atoms with Crippen molar-refractivity contribution in [1.29, 1.82) is 0 Å². The van der Waals surface area contributed by atoms with Gasteiger partial charge in [0.15, 0.2) is 0 Å². The summed E-state index contributed by atoms with van der Waals surface area (Å²) in [5, 5.41) is 3.00. The molecule has 128 valence electrons. The molecule has 24 heavy (non-hydrogen) atoms. The molecule has 1 aliphatic rings. The molecule has 2 amide bonds. The van der Waals surface area contributed by atoms with Crippen LogP contribution in [0.15, 0.2) is 30.4 Å². The van der Waals surface area contributed by atoms with Gasteiger partial charge in [0, 0.05) is 30.3 Å². The van der Waals surface area contributed by atoms with Crippen molar-refractivity contribution < 1.29 is 19.1 Å². The van der Waals surface area contributed by atoms with Crippen LogP contribution in [-0.2, 0) is 14.3 Å². The number of halogens is 1. The molecule has 0 aromatic heterocycles. The van der Waals surface area contributed by atoms with Crippen molar-refractivity contribution in [3.63, 3.8) is 0 Å². The van der Waals surface area contributed by atoms with Crippen LogP contribution in [0.25, 0.3) is 0 Å². The summed E-state index contributed by atoms with van der Waals surface area (Å²) in [6, 6.07) is 4.91. The van der Waals surface area contributed by atoms with E-state index in [0.717, 1.165) is 25.0 Å². The van der Waals surface area contributed by atoms with Gasteiger partial charge in [0.05, 0.1) is 17.9 Å². The predicted molar refractivity (Wildman–Crippen MR) is 91.0 cm³/mol. The Morgan fingerprint density at radius 1 is 1.33 bits per heavy atom. The van der Waals surface area contributed by atoms with Crippen molar-refractivity contribution in [3.05, 3.63) is 40.9 Å². The maximum Gasteiger partial charge on any atom is 0.330 e. The number of esters is 1. The monoisotopic (exact) mass is 350 g/mol. The number of carbonyl (C=O) groups excluding carboxylic acids is 3. The highest BCUT2D eigenvalue weighted by atomic mass is 35.5. The number of hydrogen-bond acceptors (Lipinski definition) is 4. The van der Waals surface area contributed by atoms with Gasteiger partial charge in [-0.2, -0.15) is 0 Å². The Hall–Kier alpha value is -2.34. The molecular formula is C17H19ClN2O4. The van der Waals surface area contributed by atoms with E-state index in [0.29, 0.717) is 16.3 Å². The average Bonchev–Trinajstić information content (AvgIpc) is 3.38. The minimum atomic E-state index is -0.603. The van der Waals surface area contributed by atoms with E-state index < -0.39 is 11.9 Å². The number of carbonyl (C=O) groups is 3. The highest BCUT2D eigenvalue weighted by Crippen LogP contribution is 2.29. The number of nitrogens with zero attached hydrogens (tertiary/aromatic N) is 1. The van der Waals surface area contributed by atoms with Crippen LogP contribution in [0.5, 0.6) is 0 Å². The molecule has 0 saturated heterocycles. The zero-order valence-electron chi connectivity index (χ0n) is 13.5. The molecule has 0 unspecified atom stereocenters. The first-order valence-corrected chi connectivity index (χ1v) is 8.02. The van der Waals surface area contributed by atoms with Crippen molar-refractivity contribution in [2.45, 2.75) is 25.8 Å². The number of ether oxygens (including phenoxy) is 1. The van der Waals surface area contributed by atoms with E-state index in [9.17, 15) is 14.4 Å². The van der Waals surface area contributed by atoms with Crippen molar-refractivity contribution >= 4 is 35.1 Å². The molecular weight excluding hydrogens is 332 g/mol. The summed E-state index contributed by atoms with van der Waals surface area (Å²) < 4.78 is 4.70. The van der Waals surface area contributed by atoms with E-state index in [-0.39, 0.29) is 18.6 Å².